The molecule has 1 aliphatic rings. The van der Waals surface area contributed by atoms with Gasteiger partial charge in [0, 0.05) is 5.69 Å². The molecule has 2 amide bonds. The van der Waals surface area contributed by atoms with Crippen molar-refractivity contribution in [2.75, 3.05) is 24.4 Å². The lowest BCUT2D eigenvalue weighted by molar-refractivity contribution is -0.116. The standard InChI is InChI=1S/C18H18N2O4/c1-23-14-4-2-3-12(9-14)10-18(22)19-13-5-6-16-15(11-13)20-17(21)7-8-24-16/h2-6,9,11H,7-8,10H2,1H3,(H,19,22)(H,20,21). The Morgan fingerprint density at radius 2 is 2.17 bits per heavy atom. The van der Waals surface area contributed by atoms with Crippen molar-refractivity contribution < 1.29 is 19.1 Å². The summed E-state index contributed by atoms with van der Waals surface area (Å²) in [4.78, 5) is 23.8. The second-order valence-electron chi connectivity index (χ2n) is 5.43. The number of hydrogen-bond donors (Lipinski definition) is 2. The average Bonchev–Trinajstić information content (AvgIpc) is 2.75. The van der Waals surface area contributed by atoms with E-state index in [2.05, 4.69) is 10.6 Å². The van der Waals surface area contributed by atoms with Crippen LogP contribution in [0.25, 0.3) is 0 Å². The van der Waals surface area contributed by atoms with E-state index in [4.69, 9.17) is 9.47 Å². The molecular formula is C18H18N2O4. The number of methoxy groups -OCH3 is 1. The molecule has 1 heterocycles. The predicted molar refractivity (Wildman–Crippen MR) is 90.5 cm³/mol. The Labute approximate surface area is 139 Å². The molecule has 24 heavy (non-hydrogen) atoms. The third-order valence-corrected chi connectivity index (χ3v) is 3.62. The van der Waals surface area contributed by atoms with Crippen molar-refractivity contribution in [2.24, 2.45) is 0 Å². The minimum absolute atomic E-state index is 0.103. The number of fused-ring (bicyclic) bond motifs is 1. The smallest absolute Gasteiger partial charge is 0.228 e. The maximum Gasteiger partial charge on any atom is 0.228 e. The van der Waals surface area contributed by atoms with Crippen LogP contribution in [0, 0.1) is 0 Å². The van der Waals surface area contributed by atoms with Crippen LogP contribution in [0.4, 0.5) is 11.4 Å². The molecule has 2 aromatic rings. The van der Waals surface area contributed by atoms with E-state index in [1.54, 1.807) is 25.3 Å². The minimum Gasteiger partial charge on any atom is -0.497 e. The molecule has 0 aliphatic carbocycles. The van der Waals surface area contributed by atoms with Crippen molar-refractivity contribution in [2.45, 2.75) is 12.8 Å². The van der Waals surface area contributed by atoms with Crippen molar-refractivity contribution in [1.82, 2.24) is 0 Å². The van der Waals surface area contributed by atoms with E-state index in [-0.39, 0.29) is 18.2 Å². The van der Waals surface area contributed by atoms with E-state index in [0.29, 0.717) is 35.9 Å². The van der Waals surface area contributed by atoms with E-state index in [1.165, 1.54) is 0 Å². The Morgan fingerprint density at radius 1 is 1.29 bits per heavy atom. The highest BCUT2D eigenvalue weighted by molar-refractivity contribution is 5.96. The first-order valence-corrected chi connectivity index (χ1v) is 7.63. The third-order valence-electron chi connectivity index (χ3n) is 3.62. The van der Waals surface area contributed by atoms with Crippen LogP contribution in [0.1, 0.15) is 12.0 Å². The number of carbonyl (C=O) groups is 2. The van der Waals surface area contributed by atoms with Crippen LogP contribution >= 0.6 is 0 Å². The maximum absolute atomic E-state index is 12.2. The van der Waals surface area contributed by atoms with Crippen LogP contribution < -0.4 is 20.1 Å². The van der Waals surface area contributed by atoms with Gasteiger partial charge >= 0.3 is 0 Å². The minimum atomic E-state index is -0.149. The van der Waals surface area contributed by atoms with Gasteiger partial charge in [-0.05, 0) is 35.9 Å². The van der Waals surface area contributed by atoms with Gasteiger partial charge in [-0.2, -0.15) is 0 Å². The van der Waals surface area contributed by atoms with E-state index in [1.807, 2.05) is 24.3 Å². The summed E-state index contributed by atoms with van der Waals surface area (Å²) >= 11 is 0. The summed E-state index contributed by atoms with van der Waals surface area (Å²) in [6, 6.07) is 12.6. The van der Waals surface area contributed by atoms with Gasteiger partial charge in [0.2, 0.25) is 11.8 Å². The molecular weight excluding hydrogens is 308 g/mol. The van der Waals surface area contributed by atoms with Crippen LogP contribution in [0.5, 0.6) is 11.5 Å². The number of nitrogens with one attached hydrogen (secondary N) is 2. The van der Waals surface area contributed by atoms with Gasteiger partial charge in [0.05, 0.1) is 32.2 Å². The van der Waals surface area contributed by atoms with E-state index in [9.17, 15) is 9.59 Å². The van der Waals surface area contributed by atoms with Gasteiger partial charge in [0.15, 0.2) is 0 Å². The fraction of sp³-hybridized carbons (Fsp3) is 0.222. The molecule has 0 radical (unpaired) electrons. The molecule has 0 saturated heterocycles. The zero-order valence-corrected chi connectivity index (χ0v) is 13.3. The first-order chi connectivity index (χ1) is 11.6. The molecule has 0 saturated carbocycles. The highest BCUT2D eigenvalue weighted by Crippen LogP contribution is 2.30. The Balaban J connectivity index is 1.69. The number of ether oxygens (including phenoxy) is 2. The molecule has 0 unspecified atom stereocenters. The monoisotopic (exact) mass is 326 g/mol. The first-order valence-electron chi connectivity index (χ1n) is 7.63. The van der Waals surface area contributed by atoms with E-state index < -0.39 is 0 Å². The molecule has 2 aromatic carbocycles. The maximum atomic E-state index is 12.2. The van der Waals surface area contributed by atoms with Crippen molar-refractivity contribution >= 4 is 23.2 Å². The summed E-state index contributed by atoms with van der Waals surface area (Å²) in [6.07, 6.45) is 0.545. The number of rotatable bonds is 4. The highest BCUT2D eigenvalue weighted by atomic mass is 16.5. The fourth-order valence-corrected chi connectivity index (χ4v) is 2.47. The average molecular weight is 326 g/mol. The summed E-state index contributed by atoms with van der Waals surface area (Å²) < 4.78 is 10.6. The lowest BCUT2D eigenvalue weighted by atomic mass is 10.1. The molecule has 124 valence electrons. The van der Waals surface area contributed by atoms with Crippen LogP contribution in [0.2, 0.25) is 0 Å². The van der Waals surface area contributed by atoms with Gasteiger partial charge in [-0.3, -0.25) is 9.59 Å². The van der Waals surface area contributed by atoms with E-state index >= 15 is 0 Å². The molecule has 2 N–H and O–H groups in total. The third kappa shape index (κ3) is 3.84. The second-order valence-corrected chi connectivity index (χ2v) is 5.43. The van der Waals surface area contributed by atoms with Crippen molar-refractivity contribution in [3.05, 3.63) is 48.0 Å². The van der Waals surface area contributed by atoms with Gasteiger partial charge in [0.1, 0.15) is 11.5 Å². The van der Waals surface area contributed by atoms with Crippen molar-refractivity contribution in [3.63, 3.8) is 0 Å². The Hall–Kier alpha value is -3.02. The number of hydrogen-bond acceptors (Lipinski definition) is 4. The van der Waals surface area contributed by atoms with Gasteiger partial charge in [-0.25, -0.2) is 0 Å². The Bertz CT molecular complexity index is 773. The zero-order valence-electron chi connectivity index (χ0n) is 13.3. The summed E-state index contributed by atoms with van der Waals surface area (Å²) in [6.45, 7) is 0.348. The lowest BCUT2D eigenvalue weighted by Crippen LogP contribution is -2.15. The lowest BCUT2D eigenvalue weighted by Gasteiger charge is -2.11. The molecule has 0 bridgehead atoms. The number of anilines is 2. The van der Waals surface area contributed by atoms with Gasteiger partial charge in [-0.15, -0.1) is 0 Å². The van der Waals surface area contributed by atoms with Gasteiger partial charge < -0.3 is 20.1 Å². The van der Waals surface area contributed by atoms with Crippen molar-refractivity contribution in [3.8, 4) is 11.5 Å². The molecule has 0 spiro atoms. The van der Waals surface area contributed by atoms with Gasteiger partial charge in [-0.1, -0.05) is 12.1 Å². The highest BCUT2D eigenvalue weighted by Gasteiger charge is 2.15. The first kappa shape index (κ1) is 15.9. The topological polar surface area (TPSA) is 76.7 Å². The fourth-order valence-electron chi connectivity index (χ4n) is 2.47. The summed E-state index contributed by atoms with van der Waals surface area (Å²) in [5.74, 6) is 1.06. The number of benzene rings is 2. The van der Waals surface area contributed by atoms with Crippen LogP contribution in [0.15, 0.2) is 42.5 Å². The normalized spacial score (nSPS) is 13.1. The summed E-state index contributed by atoms with van der Waals surface area (Å²) in [7, 11) is 1.59. The summed E-state index contributed by atoms with van der Waals surface area (Å²) in [5.41, 5.74) is 2.03. The second kappa shape index (κ2) is 7.04. The molecule has 3 rings (SSSR count). The molecule has 0 fully saturated rings. The van der Waals surface area contributed by atoms with E-state index in [0.717, 1.165) is 5.56 Å². The quantitative estimate of drug-likeness (QED) is 0.905. The van der Waals surface area contributed by atoms with Crippen molar-refractivity contribution in [1.29, 1.82) is 0 Å². The molecule has 0 aromatic heterocycles. The number of amides is 2. The van der Waals surface area contributed by atoms with Crippen LogP contribution in [-0.4, -0.2) is 25.5 Å². The molecule has 6 nitrogen and oxygen atoms in total. The Kier molecular flexibility index (Phi) is 4.65. The largest absolute Gasteiger partial charge is 0.497 e. The molecule has 1 aliphatic heterocycles. The molecule has 0 atom stereocenters. The van der Waals surface area contributed by atoms with Gasteiger partial charge in [0.25, 0.3) is 0 Å². The zero-order chi connectivity index (χ0) is 16.9. The van der Waals surface area contributed by atoms with Crippen LogP contribution in [-0.2, 0) is 16.0 Å². The summed E-state index contributed by atoms with van der Waals surface area (Å²) in [5, 5.41) is 5.60. The SMILES string of the molecule is COc1cccc(CC(=O)Nc2ccc3c(c2)NC(=O)CCO3)c1. The van der Waals surface area contributed by atoms with Crippen LogP contribution in [0.3, 0.4) is 0 Å². The molecule has 6 heteroatoms. The predicted octanol–water partition coefficient (Wildman–Crippen LogP) is 2.60. The Morgan fingerprint density at radius 3 is 3.00 bits per heavy atom. The number of carbonyl (C=O) groups excluding carboxylic acids is 2.